The topological polar surface area (TPSA) is 74.2 Å². The molecule has 1 aromatic carbocycles. The van der Waals surface area contributed by atoms with Crippen LogP contribution >= 0.6 is 11.3 Å². The maximum Gasteiger partial charge on any atom is 0.251 e. The first-order valence-electron chi connectivity index (χ1n) is 7.58. The van der Waals surface area contributed by atoms with Crippen LogP contribution in [0.2, 0.25) is 0 Å². The van der Waals surface area contributed by atoms with Crippen LogP contribution in [0, 0.1) is 0 Å². The molecule has 1 heterocycles. The standard InChI is InChI=1S/C17H23N3O2S/c1-17(2,3)16-20-14(11-23-16)10-19-13-6-4-5-12(9-13)15(22)18-7-8-21/h4-6,9,11,19,21H,7-8,10H2,1-3H3,(H,18,22). The molecule has 0 atom stereocenters. The van der Waals surface area contributed by atoms with Gasteiger partial charge in [0.1, 0.15) is 0 Å². The summed E-state index contributed by atoms with van der Waals surface area (Å²) in [6, 6.07) is 7.29. The lowest BCUT2D eigenvalue weighted by atomic mass is 9.98. The largest absolute Gasteiger partial charge is 0.395 e. The van der Waals surface area contributed by atoms with Gasteiger partial charge in [-0.2, -0.15) is 0 Å². The number of aromatic nitrogens is 1. The highest BCUT2D eigenvalue weighted by molar-refractivity contribution is 7.09. The number of nitrogens with zero attached hydrogens (tertiary/aromatic N) is 1. The summed E-state index contributed by atoms with van der Waals surface area (Å²) in [5.74, 6) is -0.189. The number of aliphatic hydroxyl groups is 1. The van der Waals surface area contributed by atoms with Crippen LogP contribution in [0.25, 0.3) is 0 Å². The van der Waals surface area contributed by atoms with Gasteiger partial charge < -0.3 is 15.7 Å². The Morgan fingerprint density at radius 2 is 2.13 bits per heavy atom. The summed E-state index contributed by atoms with van der Waals surface area (Å²) in [5, 5.41) is 17.9. The average Bonchev–Trinajstić information content (AvgIpc) is 3.00. The van der Waals surface area contributed by atoms with E-state index in [2.05, 4.69) is 41.8 Å². The van der Waals surface area contributed by atoms with Gasteiger partial charge in [0.05, 0.1) is 23.9 Å². The van der Waals surface area contributed by atoms with Crippen molar-refractivity contribution < 1.29 is 9.90 Å². The molecule has 0 aliphatic carbocycles. The predicted octanol–water partition coefficient (Wildman–Crippen LogP) is 2.77. The van der Waals surface area contributed by atoms with Crippen LogP contribution in [0.3, 0.4) is 0 Å². The van der Waals surface area contributed by atoms with Gasteiger partial charge in [0.25, 0.3) is 5.91 Å². The van der Waals surface area contributed by atoms with E-state index in [1.165, 1.54) is 0 Å². The fraction of sp³-hybridized carbons (Fsp3) is 0.412. The minimum Gasteiger partial charge on any atom is -0.395 e. The molecule has 2 aromatic rings. The van der Waals surface area contributed by atoms with Gasteiger partial charge in [-0.25, -0.2) is 4.98 Å². The van der Waals surface area contributed by atoms with Crippen molar-refractivity contribution in [3.8, 4) is 0 Å². The van der Waals surface area contributed by atoms with Crippen molar-refractivity contribution in [1.29, 1.82) is 0 Å². The van der Waals surface area contributed by atoms with Gasteiger partial charge in [0.2, 0.25) is 0 Å². The minimum atomic E-state index is -0.189. The molecule has 124 valence electrons. The van der Waals surface area contributed by atoms with Crippen LogP contribution in [-0.4, -0.2) is 29.1 Å². The molecule has 6 heteroatoms. The van der Waals surface area contributed by atoms with Gasteiger partial charge in [-0.1, -0.05) is 26.8 Å². The maximum absolute atomic E-state index is 11.9. The highest BCUT2D eigenvalue weighted by Crippen LogP contribution is 2.25. The van der Waals surface area contributed by atoms with Crippen molar-refractivity contribution in [3.05, 3.63) is 45.9 Å². The van der Waals surface area contributed by atoms with Crippen LogP contribution < -0.4 is 10.6 Å². The molecule has 5 nitrogen and oxygen atoms in total. The van der Waals surface area contributed by atoms with Crippen LogP contribution in [0.15, 0.2) is 29.6 Å². The quantitative estimate of drug-likeness (QED) is 0.760. The Bertz CT molecular complexity index is 662. The molecular weight excluding hydrogens is 310 g/mol. The van der Waals surface area contributed by atoms with Crippen LogP contribution in [0.1, 0.15) is 41.8 Å². The molecule has 0 saturated heterocycles. The first-order valence-corrected chi connectivity index (χ1v) is 8.46. The molecule has 3 N–H and O–H groups in total. The molecule has 0 bridgehead atoms. The van der Waals surface area contributed by atoms with E-state index in [-0.39, 0.29) is 24.5 Å². The van der Waals surface area contributed by atoms with E-state index in [4.69, 9.17) is 5.11 Å². The Hall–Kier alpha value is -1.92. The fourth-order valence-corrected chi connectivity index (χ4v) is 2.87. The van der Waals surface area contributed by atoms with E-state index in [1.54, 1.807) is 23.5 Å². The average molecular weight is 333 g/mol. The van der Waals surface area contributed by atoms with Gasteiger partial charge in [0, 0.05) is 28.6 Å². The third-order valence-corrected chi connectivity index (χ3v) is 4.51. The molecule has 0 fully saturated rings. The second-order valence-electron chi connectivity index (χ2n) is 6.31. The van der Waals surface area contributed by atoms with E-state index in [0.717, 1.165) is 16.4 Å². The van der Waals surface area contributed by atoms with Gasteiger partial charge >= 0.3 is 0 Å². The lowest BCUT2D eigenvalue weighted by Crippen LogP contribution is -2.26. The van der Waals surface area contributed by atoms with Gasteiger partial charge in [-0.15, -0.1) is 11.3 Å². The molecule has 0 aliphatic heterocycles. The number of nitrogens with one attached hydrogen (secondary N) is 2. The Balaban J connectivity index is 1.98. The van der Waals surface area contributed by atoms with E-state index in [1.807, 2.05) is 12.1 Å². The molecule has 0 spiro atoms. The lowest BCUT2D eigenvalue weighted by Gasteiger charge is -2.13. The summed E-state index contributed by atoms with van der Waals surface area (Å²) in [6.07, 6.45) is 0. The Morgan fingerprint density at radius 1 is 1.35 bits per heavy atom. The Kier molecular flexibility index (Phi) is 5.74. The summed E-state index contributed by atoms with van der Waals surface area (Å²) >= 11 is 1.67. The molecular formula is C17H23N3O2S. The summed E-state index contributed by atoms with van der Waals surface area (Å²) < 4.78 is 0. The van der Waals surface area contributed by atoms with Gasteiger partial charge in [-0.05, 0) is 18.2 Å². The van der Waals surface area contributed by atoms with Crippen molar-refractivity contribution in [1.82, 2.24) is 10.3 Å². The molecule has 0 unspecified atom stereocenters. The zero-order valence-electron chi connectivity index (χ0n) is 13.7. The van der Waals surface area contributed by atoms with E-state index < -0.39 is 0 Å². The monoisotopic (exact) mass is 333 g/mol. The van der Waals surface area contributed by atoms with Crippen molar-refractivity contribution in [2.75, 3.05) is 18.5 Å². The molecule has 0 aliphatic rings. The molecule has 1 amide bonds. The summed E-state index contributed by atoms with van der Waals surface area (Å²) in [4.78, 5) is 16.5. The van der Waals surface area contributed by atoms with Crippen LogP contribution in [0.5, 0.6) is 0 Å². The van der Waals surface area contributed by atoms with Crippen molar-refractivity contribution >= 4 is 22.9 Å². The number of rotatable bonds is 6. The predicted molar refractivity (Wildman–Crippen MR) is 94.0 cm³/mol. The number of benzene rings is 1. The molecule has 0 saturated carbocycles. The maximum atomic E-state index is 11.9. The van der Waals surface area contributed by atoms with Crippen LogP contribution in [0.4, 0.5) is 5.69 Å². The molecule has 2 rings (SSSR count). The van der Waals surface area contributed by atoms with Crippen molar-refractivity contribution in [3.63, 3.8) is 0 Å². The number of carbonyl (C=O) groups excluding carboxylic acids is 1. The van der Waals surface area contributed by atoms with E-state index >= 15 is 0 Å². The molecule has 1 aromatic heterocycles. The van der Waals surface area contributed by atoms with E-state index in [9.17, 15) is 4.79 Å². The number of hydrogen-bond acceptors (Lipinski definition) is 5. The van der Waals surface area contributed by atoms with E-state index in [0.29, 0.717) is 12.1 Å². The third-order valence-electron chi connectivity index (χ3n) is 3.19. The SMILES string of the molecule is CC(C)(C)c1nc(CNc2cccc(C(=O)NCCO)c2)cs1. The van der Waals surface area contributed by atoms with Gasteiger partial charge in [0.15, 0.2) is 0 Å². The second-order valence-corrected chi connectivity index (χ2v) is 7.17. The molecule has 0 radical (unpaired) electrons. The normalized spacial score (nSPS) is 11.3. The zero-order valence-corrected chi connectivity index (χ0v) is 14.5. The Morgan fingerprint density at radius 3 is 2.78 bits per heavy atom. The first-order chi connectivity index (χ1) is 10.9. The number of thiazole rings is 1. The highest BCUT2D eigenvalue weighted by atomic mass is 32.1. The number of amides is 1. The second kappa shape index (κ2) is 7.57. The summed E-state index contributed by atoms with van der Waals surface area (Å²) in [6.45, 7) is 7.26. The summed E-state index contributed by atoms with van der Waals surface area (Å²) in [5.41, 5.74) is 2.49. The van der Waals surface area contributed by atoms with Gasteiger partial charge in [-0.3, -0.25) is 4.79 Å². The van der Waals surface area contributed by atoms with Crippen molar-refractivity contribution in [2.45, 2.75) is 32.7 Å². The lowest BCUT2D eigenvalue weighted by molar-refractivity contribution is 0.0945. The van der Waals surface area contributed by atoms with Crippen molar-refractivity contribution in [2.24, 2.45) is 0 Å². The highest BCUT2D eigenvalue weighted by Gasteiger charge is 2.17. The number of carbonyl (C=O) groups is 1. The smallest absolute Gasteiger partial charge is 0.251 e. The zero-order chi connectivity index (χ0) is 16.9. The minimum absolute atomic E-state index is 0.0631. The third kappa shape index (κ3) is 5.04. The molecule has 23 heavy (non-hydrogen) atoms. The fourth-order valence-electron chi connectivity index (χ4n) is 1.97. The number of hydrogen-bond donors (Lipinski definition) is 3. The Labute approximate surface area is 140 Å². The number of aliphatic hydroxyl groups excluding tert-OH is 1. The summed E-state index contributed by atoms with van der Waals surface area (Å²) in [7, 11) is 0. The number of anilines is 1. The first kappa shape index (κ1) is 17.4. The van der Waals surface area contributed by atoms with Crippen LogP contribution in [-0.2, 0) is 12.0 Å².